The van der Waals surface area contributed by atoms with E-state index in [1.807, 2.05) is 11.8 Å². The molecule has 0 aromatic rings. The van der Waals surface area contributed by atoms with Gasteiger partial charge in [0.05, 0.1) is 26.4 Å². The second kappa shape index (κ2) is 8.84. The number of methoxy groups -OCH3 is 1. The van der Waals surface area contributed by atoms with E-state index in [4.69, 9.17) is 9.47 Å². The predicted molar refractivity (Wildman–Crippen MR) is 69.3 cm³/mol. The van der Waals surface area contributed by atoms with Crippen molar-refractivity contribution < 1.29 is 9.47 Å². The Bertz CT molecular complexity index is 212. The zero-order valence-electron chi connectivity index (χ0n) is 10.2. The molecule has 0 saturated carbocycles. The van der Waals surface area contributed by atoms with E-state index in [1.165, 1.54) is 12.8 Å². The van der Waals surface area contributed by atoms with Crippen molar-refractivity contribution in [3.05, 3.63) is 0 Å². The zero-order chi connectivity index (χ0) is 11.6. The highest BCUT2D eigenvalue weighted by molar-refractivity contribution is 8.14. The second-order valence-corrected chi connectivity index (χ2v) is 5.00. The summed E-state index contributed by atoms with van der Waals surface area (Å²) < 4.78 is 10.2. The average Bonchev–Trinajstić information content (AvgIpc) is 2.72. The minimum absolute atomic E-state index is 0.661. The molecule has 0 aromatic heterocycles. The largest absolute Gasteiger partial charge is 0.382 e. The van der Waals surface area contributed by atoms with Gasteiger partial charge in [0.2, 0.25) is 0 Å². The normalized spacial score (nSPS) is 19.9. The Hall–Kier alpha value is -0.260. The number of ether oxygens (including phenoxy) is 2. The minimum atomic E-state index is 0.661. The number of aliphatic imine (C=N–C) groups is 1. The number of rotatable bonds is 8. The Labute approximate surface area is 102 Å². The summed E-state index contributed by atoms with van der Waals surface area (Å²) in [6.45, 7) is 6.04. The van der Waals surface area contributed by atoms with Crippen molar-refractivity contribution in [2.24, 2.45) is 4.99 Å². The van der Waals surface area contributed by atoms with Crippen LogP contribution in [0.15, 0.2) is 4.99 Å². The third kappa shape index (κ3) is 5.72. The maximum atomic E-state index is 5.36. The van der Waals surface area contributed by atoms with Gasteiger partial charge in [-0.2, -0.15) is 0 Å². The Morgan fingerprint density at radius 1 is 1.44 bits per heavy atom. The molecule has 0 bridgehead atoms. The van der Waals surface area contributed by atoms with Gasteiger partial charge in [-0.05, 0) is 6.42 Å². The topological polar surface area (TPSA) is 42.9 Å². The maximum Gasteiger partial charge on any atom is 0.157 e. The number of nitrogens with zero attached hydrogens (tertiary/aromatic N) is 1. The molecule has 0 fully saturated rings. The summed E-state index contributed by atoms with van der Waals surface area (Å²) in [5, 5.41) is 5.05. The molecular formula is C11H22N2O2S. The molecule has 16 heavy (non-hydrogen) atoms. The van der Waals surface area contributed by atoms with E-state index in [1.54, 1.807) is 7.11 Å². The monoisotopic (exact) mass is 246 g/mol. The quantitative estimate of drug-likeness (QED) is 0.659. The van der Waals surface area contributed by atoms with Gasteiger partial charge < -0.3 is 14.8 Å². The van der Waals surface area contributed by atoms with Crippen LogP contribution in [0, 0.1) is 0 Å². The number of thioether (sulfide) groups is 1. The highest BCUT2D eigenvalue weighted by Crippen LogP contribution is 2.23. The summed E-state index contributed by atoms with van der Waals surface area (Å²) in [5.41, 5.74) is 0. The van der Waals surface area contributed by atoms with Gasteiger partial charge in [-0.3, -0.25) is 4.99 Å². The Morgan fingerprint density at radius 2 is 2.31 bits per heavy atom. The van der Waals surface area contributed by atoms with Gasteiger partial charge in [0.1, 0.15) is 0 Å². The fourth-order valence-corrected chi connectivity index (χ4v) is 2.61. The van der Waals surface area contributed by atoms with Crippen LogP contribution < -0.4 is 5.32 Å². The first-order chi connectivity index (χ1) is 7.86. The molecule has 0 radical (unpaired) electrons. The third-order valence-corrected chi connectivity index (χ3v) is 3.50. The van der Waals surface area contributed by atoms with Crippen LogP contribution in [-0.4, -0.2) is 50.4 Å². The first-order valence-corrected chi connectivity index (χ1v) is 6.76. The summed E-state index contributed by atoms with van der Waals surface area (Å²) >= 11 is 1.86. The first-order valence-electron chi connectivity index (χ1n) is 5.88. The van der Waals surface area contributed by atoms with Crippen LogP contribution in [0.2, 0.25) is 0 Å². The van der Waals surface area contributed by atoms with Crippen molar-refractivity contribution in [1.29, 1.82) is 0 Å². The smallest absolute Gasteiger partial charge is 0.157 e. The lowest BCUT2D eigenvalue weighted by Gasteiger charge is -2.08. The van der Waals surface area contributed by atoms with Crippen molar-refractivity contribution in [2.45, 2.75) is 25.0 Å². The fraction of sp³-hybridized carbons (Fsp3) is 0.909. The lowest BCUT2D eigenvalue weighted by atomic mass is 10.2. The number of nitrogens with one attached hydrogen (secondary N) is 1. The number of hydrogen-bond donors (Lipinski definition) is 1. The van der Waals surface area contributed by atoms with Crippen molar-refractivity contribution in [2.75, 3.05) is 40.0 Å². The first kappa shape index (κ1) is 13.8. The molecule has 94 valence electrons. The molecule has 1 rings (SSSR count). The summed E-state index contributed by atoms with van der Waals surface area (Å²) in [4.78, 5) is 4.46. The van der Waals surface area contributed by atoms with Crippen LogP contribution in [0.1, 0.15) is 19.8 Å². The van der Waals surface area contributed by atoms with E-state index in [2.05, 4.69) is 17.2 Å². The lowest BCUT2D eigenvalue weighted by Crippen LogP contribution is -2.24. The predicted octanol–water partition coefficient (Wildman–Crippen LogP) is 1.51. The van der Waals surface area contributed by atoms with E-state index in [0.717, 1.165) is 18.3 Å². The van der Waals surface area contributed by atoms with Crippen LogP contribution in [0.3, 0.4) is 0 Å². The Morgan fingerprint density at radius 3 is 3.06 bits per heavy atom. The minimum Gasteiger partial charge on any atom is -0.382 e. The van der Waals surface area contributed by atoms with Gasteiger partial charge in [0, 0.05) is 18.9 Å². The van der Waals surface area contributed by atoms with Gasteiger partial charge in [-0.1, -0.05) is 25.1 Å². The van der Waals surface area contributed by atoms with E-state index < -0.39 is 0 Å². The molecule has 5 heteroatoms. The molecule has 0 aliphatic carbocycles. The molecule has 0 spiro atoms. The highest BCUT2D eigenvalue weighted by Gasteiger charge is 2.17. The van der Waals surface area contributed by atoms with Gasteiger partial charge >= 0.3 is 0 Å². The van der Waals surface area contributed by atoms with Gasteiger partial charge in [0.25, 0.3) is 0 Å². The molecule has 1 aliphatic heterocycles. The highest BCUT2D eigenvalue weighted by atomic mass is 32.2. The fourth-order valence-electron chi connectivity index (χ4n) is 1.46. The lowest BCUT2D eigenvalue weighted by molar-refractivity contribution is 0.0734. The Balaban J connectivity index is 1.94. The van der Waals surface area contributed by atoms with Crippen molar-refractivity contribution in [3.63, 3.8) is 0 Å². The maximum absolute atomic E-state index is 5.36. The molecule has 4 nitrogen and oxygen atoms in total. The molecule has 1 atom stereocenters. The molecule has 0 amide bonds. The second-order valence-electron chi connectivity index (χ2n) is 3.71. The SMILES string of the molecule is CCCC1CN=C(NCCOCCOC)S1. The molecule has 1 aliphatic rings. The zero-order valence-corrected chi connectivity index (χ0v) is 11.0. The third-order valence-electron chi connectivity index (χ3n) is 2.28. The molecule has 0 saturated heterocycles. The molecule has 0 aromatic carbocycles. The number of hydrogen-bond acceptors (Lipinski definition) is 5. The van der Waals surface area contributed by atoms with E-state index in [-0.39, 0.29) is 0 Å². The van der Waals surface area contributed by atoms with Crippen molar-refractivity contribution in [1.82, 2.24) is 5.32 Å². The van der Waals surface area contributed by atoms with Crippen molar-refractivity contribution >= 4 is 16.9 Å². The van der Waals surface area contributed by atoms with Crippen molar-refractivity contribution in [3.8, 4) is 0 Å². The van der Waals surface area contributed by atoms with Gasteiger partial charge in [-0.15, -0.1) is 0 Å². The average molecular weight is 246 g/mol. The summed E-state index contributed by atoms with van der Waals surface area (Å²) in [7, 11) is 1.68. The van der Waals surface area contributed by atoms with E-state index in [9.17, 15) is 0 Å². The molecule has 1 unspecified atom stereocenters. The number of amidine groups is 1. The van der Waals surface area contributed by atoms with Crippen LogP contribution in [0.4, 0.5) is 0 Å². The Kier molecular flexibility index (Phi) is 7.63. The van der Waals surface area contributed by atoms with Gasteiger partial charge in [-0.25, -0.2) is 0 Å². The van der Waals surface area contributed by atoms with E-state index >= 15 is 0 Å². The van der Waals surface area contributed by atoms with Gasteiger partial charge in [0.15, 0.2) is 5.17 Å². The van der Waals surface area contributed by atoms with Crippen LogP contribution >= 0.6 is 11.8 Å². The molecule has 1 N–H and O–H groups in total. The van der Waals surface area contributed by atoms with E-state index in [0.29, 0.717) is 25.1 Å². The summed E-state index contributed by atoms with van der Waals surface area (Å²) in [6.07, 6.45) is 2.49. The van der Waals surface area contributed by atoms with Crippen LogP contribution in [-0.2, 0) is 9.47 Å². The van der Waals surface area contributed by atoms with Crippen LogP contribution in [0.5, 0.6) is 0 Å². The standard InChI is InChI=1S/C11H22N2O2S/c1-3-4-10-9-13-11(16-10)12-5-6-15-8-7-14-2/h10H,3-9H2,1-2H3,(H,12,13). The summed E-state index contributed by atoms with van der Waals surface area (Å²) in [5.74, 6) is 0. The molecular weight excluding hydrogens is 224 g/mol. The van der Waals surface area contributed by atoms with Crippen LogP contribution in [0.25, 0.3) is 0 Å². The summed E-state index contributed by atoms with van der Waals surface area (Å²) in [6, 6.07) is 0. The molecule has 1 heterocycles.